The van der Waals surface area contributed by atoms with Gasteiger partial charge in [0.05, 0.1) is 23.4 Å². The summed E-state index contributed by atoms with van der Waals surface area (Å²) in [6.07, 6.45) is 2.09. The zero-order valence-electron chi connectivity index (χ0n) is 14.1. The van der Waals surface area contributed by atoms with Crippen molar-refractivity contribution in [3.05, 3.63) is 75.8 Å². The lowest BCUT2D eigenvalue weighted by Crippen LogP contribution is -2.40. The topological polar surface area (TPSA) is 54.7 Å². The molecule has 0 fully saturated rings. The molecule has 0 unspecified atom stereocenters. The molecule has 8 heteroatoms. The number of benzene rings is 1. The average molecular weight is 387 g/mol. The molecule has 0 bridgehead atoms. The van der Waals surface area contributed by atoms with Crippen LogP contribution in [-0.2, 0) is 13.0 Å². The Bertz CT molecular complexity index is 1080. The summed E-state index contributed by atoms with van der Waals surface area (Å²) in [5.74, 6) is -2.97. The highest BCUT2D eigenvalue weighted by Gasteiger charge is 2.27. The highest BCUT2D eigenvalue weighted by atomic mass is 32.2. The van der Waals surface area contributed by atoms with E-state index in [-0.39, 0.29) is 28.5 Å². The van der Waals surface area contributed by atoms with Crippen LogP contribution in [0.1, 0.15) is 21.6 Å². The minimum absolute atomic E-state index is 0.117. The number of fused-ring (bicyclic) bond motifs is 2. The van der Waals surface area contributed by atoms with Crippen molar-refractivity contribution >= 4 is 23.3 Å². The molecule has 27 heavy (non-hydrogen) atoms. The first-order valence-electron chi connectivity index (χ1n) is 8.37. The van der Waals surface area contributed by atoms with E-state index in [4.69, 9.17) is 0 Å². The van der Waals surface area contributed by atoms with Gasteiger partial charge in [0.25, 0.3) is 17.2 Å². The van der Waals surface area contributed by atoms with E-state index in [1.54, 1.807) is 30.5 Å². The molecule has 0 atom stereocenters. The number of thioether (sulfide) groups is 1. The molecule has 1 aliphatic heterocycles. The number of amides is 1. The molecule has 0 N–H and O–H groups in total. The van der Waals surface area contributed by atoms with Crippen LogP contribution in [0.25, 0.3) is 5.65 Å². The van der Waals surface area contributed by atoms with Gasteiger partial charge in [0.15, 0.2) is 0 Å². The van der Waals surface area contributed by atoms with E-state index in [1.165, 1.54) is 21.4 Å². The van der Waals surface area contributed by atoms with Crippen molar-refractivity contribution in [3.8, 4) is 0 Å². The number of hydrogen-bond acceptors (Lipinski definition) is 4. The summed E-state index contributed by atoms with van der Waals surface area (Å²) in [5, 5.41) is 0. The van der Waals surface area contributed by atoms with Crippen LogP contribution in [-0.4, -0.2) is 32.5 Å². The summed E-state index contributed by atoms with van der Waals surface area (Å²) in [6.45, 7) is 0.500. The molecule has 0 radical (unpaired) electrons. The molecule has 0 spiro atoms. The Morgan fingerprint density at radius 2 is 1.93 bits per heavy atom. The predicted molar refractivity (Wildman–Crippen MR) is 98.2 cm³/mol. The van der Waals surface area contributed by atoms with Crippen LogP contribution in [0.15, 0.2) is 58.4 Å². The Balaban J connectivity index is 1.68. The number of carbonyl (C=O) groups excluding carboxylic acids is 1. The van der Waals surface area contributed by atoms with Crippen LogP contribution in [0.2, 0.25) is 0 Å². The average Bonchev–Trinajstić information content (AvgIpc) is 2.67. The number of rotatable bonds is 3. The lowest BCUT2D eigenvalue weighted by Gasteiger charge is -2.28. The Morgan fingerprint density at radius 1 is 1.15 bits per heavy atom. The molecule has 1 aromatic carbocycles. The largest absolute Gasteiger partial charge is 0.334 e. The van der Waals surface area contributed by atoms with Crippen molar-refractivity contribution in [1.29, 1.82) is 0 Å². The van der Waals surface area contributed by atoms with Crippen molar-refractivity contribution < 1.29 is 13.6 Å². The number of carbonyl (C=O) groups is 1. The van der Waals surface area contributed by atoms with Gasteiger partial charge >= 0.3 is 0 Å². The highest BCUT2D eigenvalue weighted by molar-refractivity contribution is 7.99. The maximum atomic E-state index is 12.9. The summed E-state index contributed by atoms with van der Waals surface area (Å²) in [4.78, 5) is 32.0. The molecule has 3 aromatic rings. The number of halogens is 2. The molecule has 1 aliphatic rings. The smallest absolute Gasteiger partial charge is 0.288 e. The minimum Gasteiger partial charge on any atom is -0.334 e. The van der Waals surface area contributed by atoms with Gasteiger partial charge in [-0.3, -0.25) is 14.0 Å². The quantitative estimate of drug-likeness (QED) is 0.648. The summed E-state index contributed by atoms with van der Waals surface area (Å²) in [7, 11) is 0. The number of pyridine rings is 1. The van der Waals surface area contributed by atoms with Gasteiger partial charge in [0, 0.05) is 24.1 Å². The summed E-state index contributed by atoms with van der Waals surface area (Å²) >= 11 is 0.349. The van der Waals surface area contributed by atoms with Crippen LogP contribution >= 0.6 is 11.8 Å². The molecule has 2 aromatic heterocycles. The first-order valence-corrected chi connectivity index (χ1v) is 9.25. The lowest BCUT2D eigenvalue weighted by molar-refractivity contribution is 0.0729. The van der Waals surface area contributed by atoms with Crippen LogP contribution < -0.4 is 5.56 Å². The third-order valence-corrected chi connectivity index (χ3v) is 5.29. The van der Waals surface area contributed by atoms with Gasteiger partial charge in [-0.05, 0) is 24.3 Å². The molecule has 138 valence electrons. The standard InChI is InChI=1S/C19H15F2N3O2S/c20-19(21)27-15-6-2-1-5-12(15)17(25)23-10-8-14-13(11-23)18(26)24-9-4-3-7-16(24)22-14/h1-7,9,19H,8,10-11H2. The zero-order valence-corrected chi connectivity index (χ0v) is 15.0. The van der Waals surface area contributed by atoms with Crippen molar-refractivity contribution in [1.82, 2.24) is 14.3 Å². The molecular formula is C19H15F2N3O2S. The fourth-order valence-corrected chi connectivity index (χ4v) is 3.87. The molecule has 0 saturated carbocycles. The normalized spacial score (nSPS) is 13.8. The van der Waals surface area contributed by atoms with E-state index >= 15 is 0 Å². The fraction of sp³-hybridized carbons (Fsp3) is 0.211. The van der Waals surface area contributed by atoms with Gasteiger partial charge in [-0.1, -0.05) is 30.0 Å². The van der Waals surface area contributed by atoms with E-state index in [9.17, 15) is 18.4 Å². The first-order chi connectivity index (χ1) is 13.0. The lowest BCUT2D eigenvalue weighted by atomic mass is 10.1. The van der Waals surface area contributed by atoms with Gasteiger partial charge in [0.2, 0.25) is 0 Å². The van der Waals surface area contributed by atoms with E-state index in [0.717, 1.165) is 0 Å². The Labute approximate surface area is 157 Å². The Hall–Kier alpha value is -2.74. The van der Waals surface area contributed by atoms with Gasteiger partial charge in [-0.25, -0.2) is 4.98 Å². The van der Waals surface area contributed by atoms with E-state index in [0.29, 0.717) is 41.6 Å². The van der Waals surface area contributed by atoms with Crippen molar-refractivity contribution in [2.24, 2.45) is 0 Å². The third-order valence-electron chi connectivity index (χ3n) is 4.50. The molecule has 4 rings (SSSR count). The van der Waals surface area contributed by atoms with Crippen LogP contribution in [0, 0.1) is 0 Å². The Kier molecular flexibility index (Phi) is 4.65. The first kappa shape index (κ1) is 17.7. The third kappa shape index (κ3) is 3.32. The molecule has 1 amide bonds. The predicted octanol–water partition coefficient (Wildman–Crippen LogP) is 3.21. The number of alkyl halides is 2. The van der Waals surface area contributed by atoms with Gasteiger partial charge < -0.3 is 4.90 Å². The van der Waals surface area contributed by atoms with Crippen LogP contribution in [0.5, 0.6) is 0 Å². The van der Waals surface area contributed by atoms with Gasteiger partial charge in [-0.2, -0.15) is 8.78 Å². The van der Waals surface area contributed by atoms with Crippen LogP contribution in [0.3, 0.4) is 0 Å². The van der Waals surface area contributed by atoms with Crippen molar-refractivity contribution in [2.45, 2.75) is 23.6 Å². The fourth-order valence-electron chi connectivity index (χ4n) is 3.23. The highest BCUT2D eigenvalue weighted by Crippen LogP contribution is 2.30. The zero-order chi connectivity index (χ0) is 19.0. The number of aromatic nitrogens is 2. The van der Waals surface area contributed by atoms with Crippen molar-refractivity contribution in [2.75, 3.05) is 6.54 Å². The van der Waals surface area contributed by atoms with E-state index in [2.05, 4.69) is 4.98 Å². The maximum absolute atomic E-state index is 12.9. The maximum Gasteiger partial charge on any atom is 0.288 e. The minimum atomic E-state index is -2.61. The monoisotopic (exact) mass is 387 g/mol. The molecule has 0 aliphatic carbocycles. The van der Waals surface area contributed by atoms with Gasteiger partial charge in [-0.15, -0.1) is 0 Å². The van der Waals surface area contributed by atoms with Gasteiger partial charge in [0.1, 0.15) is 5.65 Å². The van der Waals surface area contributed by atoms with Crippen molar-refractivity contribution in [3.63, 3.8) is 0 Å². The second-order valence-corrected chi connectivity index (χ2v) is 7.15. The Morgan fingerprint density at radius 3 is 2.74 bits per heavy atom. The SMILES string of the molecule is O=C(c1ccccc1SC(F)F)N1CCc2nc3ccccn3c(=O)c2C1. The van der Waals surface area contributed by atoms with E-state index in [1.807, 2.05) is 6.07 Å². The summed E-state index contributed by atoms with van der Waals surface area (Å²) in [6, 6.07) is 11.6. The molecule has 3 heterocycles. The number of hydrogen-bond donors (Lipinski definition) is 0. The summed E-state index contributed by atoms with van der Waals surface area (Å²) in [5.41, 5.74) is 1.74. The number of nitrogens with zero attached hydrogens (tertiary/aromatic N) is 3. The second kappa shape index (κ2) is 7.11. The molecular weight excluding hydrogens is 372 g/mol. The molecule has 0 saturated heterocycles. The second-order valence-electron chi connectivity index (χ2n) is 6.12. The van der Waals surface area contributed by atoms with Crippen LogP contribution in [0.4, 0.5) is 8.78 Å². The summed E-state index contributed by atoms with van der Waals surface area (Å²) < 4.78 is 27.0. The van der Waals surface area contributed by atoms with E-state index < -0.39 is 5.76 Å². The molecule has 5 nitrogen and oxygen atoms in total.